The van der Waals surface area contributed by atoms with E-state index >= 15 is 0 Å². The van der Waals surface area contributed by atoms with Crippen LogP contribution in [0, 0.1) is 13.8 Å². The molecule has 0 saturated carbocycles. The molecule has 0 spiro atoms. The van der Waals surface area contributed by atoms with Crippen molar-refractivity contribution in [1.82, 2.24) is 0 Å². The predicted octanol–water partition coefficient (Wildman–Crippen LogP) is 4.16. The lowest BCUT2D eigenvalue weighted by Gasteiger charge is -2.42. The molecule has 0 radical (unpaired) electrons. The Kier molecular flexibility index (Phi) is 4.60. The van der Waals surface area contributed by atoms with E-state index in [2.05, 4.69) is 31.3 Å². The molecule has 2 amide bonds. The summed E-state index contributed by atoms with van der Waals surface area (Å²) in [5.74, 6) is 0.0411. The zero-order chi connectivity index (χ0) is 18.2. The average Bonchev–Trinajstić information content (AvgIpc) is 2.56. The summed E-state index contributed by atoms with van der Waals surface area (Å²) in [6.07, 6.45) is 0. The van der Waals surface area contributed by atoms with Gasteiger partial charge in [0.25, 0.3) is 0 Å². The van der Waals surface area contributed by atoms with E-state index in [1.54, 1.807) is 18.7 Å². The van der Waals surface area contributed by atoms with E-state index in [1.807, 2.05) is 30.3 Å². The third-order valence-corrected chi connectivity index (χ3v) is 5.58. The van der Waals surface area contributed by atoms with Crippen LogP contribution >= 0.6 is 11.8 Å². The lowest BCUT2D eigenvalue weighted by Crippen LogP contribution is -2.58. The highest BCUT2D eigenvalue weighted by Gasteiger charge is 2.43. The van der Waals surface area contributed by atoms with E-state index in [0.29, 0.717) is 5.69 Å². The molecule has 4 nitrogen and oxygen atoms in total. The van der Waals surface area contributed by atoms with Crippen LogP contribution in [0.5, 0.6) is 0 Å². The molecule has 0 aromatic heterocycles. The molecular formula is C20H22N2O2S. The maximum absolute atomic E-state index is 13.0. The van der Waals surface area contributed by atoms with Gasteiger partial charge in [0.2, 0.25) is 11.8 Å². The van der Waals surface area contributed by atoms with Crippen LogP contribution < -0.4 is 10.2 Å². The second kappa shape index (κ2) is 6.56. The number of hydrogen-bond donors (Lipinski definition) is 1. The summed E-state index contributed by atoms with van der Waals surface area (Å²) in [4.78, 5) is 28.1. The lowest BCUT2D eigenvalue weighted by atomic mass is 9.96. The van der Waals surface area contributed by atoms with Crippen LogP contribution in [-0.2, 0) is 9.59 Å². The normalized spacial score (nSPS) is 15.5. The van der Waals surface area contributed by atoms with Crippen molar-refractivity contribution in [3.05, 3.63) is 53.6 Å². The summed E-state index contributed by atoms with van der Waals surface area (Å²) in [7, 11) is 0. The van der Waals surface area contributed by atoms with Gasteiger partial charge >= 0.3 is 0 Å². The number of aryl methyl sites for hydroxylation is 2. The van der Waals surface area contributed by atoms with Crippen LogP contribution in [0.3, 0.4) is 0 Å². The smallest absolute Gasteiger partial charge is 0.250 e. The number of thioether (sulfide) groups is 1. The number of amides is 2. The van der Waals surface area contributed by atoms with Gasteiger partial charge in [0, 0.05) is 4.90 Å². The van der Waals surface area contributed by atoms with Crippen LogP contribution in [0.4, 0.5) is 11.4 Å². The minimum absolute atomic E-state index is 0.0736. The first-order chi connectivity index (χ1) is 11.8. The molecule has 0 fully saturated rings. The van der Waals surface area contributed by atoms with Gasteiger partial charge in [-0.3, -0.25) is 14.5 Å². The Labute approximate surface area is 152 Å². The van der Waals surface area contributed by atoms with E-state index in [0.717, 1.165) is 10.6 Å². The third-order valence-electron chi connectivity index (χ3n) is 4.60. The minimum Gasteiger partial charge on any atom is -0.322 e. The van der Waals surface area contributed by atoms with Crippen molar-refractivity contribution in [3.63, 3.8) is 0 Å². The molecule has 2 aromatic carbocycles. The van der Waals surface area contributed by atoms with Crippen LogP contribution in [-0.4, -0.2) is 23.1 Å². The molecule has 1 heterocycles. The fourth-order valence-corrected chi connectivity index (χ4v) is 3.76. The monoisotopic (exact) mass is 354 g/mol. The van der Waals surface area contributed by atoms with Gasteiger partial charge in [0.15, 0.2) is 0 Å². The van der Waals surface area contributed by atoms with Crippen molar-refractivity contribution >= 4 is 35.0 Å². The first kappa shape index (κ1) is 17.5. The number of rotatable bonds is 3. The summed E-state index contributed by atoms with van der Waals surface area (Å²) >= 11 is 1.50. The fraction of sp³-hybridized carbons (Fsp3) is 0.300. The number of hydrogen-bond acceptors (Lipinski definition) is 3. The second-order valence-corrected chi connectivity index (χ2v) is 7.84. The number of para-hydroxylation sites is 2. The first-order valence-electron chi connectivity index (χ1n) is 8.24. The van der Waals surface area contributed by atoms with Crippen LogP contribution in [0.1, 0.15) is 25.0 Å². The Bertz CT molecular complexity index is 845. The second-order valence-electron chi connectivity index (χ2n) is 6.79. The highest BCUT2D eigenvalue weighted by atomic mass is 32.2. The molecule has 1 aliphatic heterocycles. The third kappa shape index (κ3) is 3.29. The molecule has 0 aliphatic carbocycles. The van der Waals surface area contributed by atoms with Gasteiger partial charge in [-0.15, -0.1) is 11.8 Å². The number of anilines is 2. The van der Waals surface area contributed by atoms with Crippen LogP contribution in [0.15, 0.2) is 47.4 Å². The van der Waals surface area contributed by atoms with Gasteiger partial charge in [0.05, 0.1) is 17.1 Å². The first-order valence-corrected chi connectivity index (χ1v) is 9.23. The fourth-order valence-electron chi connectivity index (χ4n) is 2.91. The Morgan fingerprint density at radius 1 is 1.12 bits per heavy atom. The highest BCUT2D eigenvalue weighted by molar-refractivity contribution is 8.00. The SMILES string of the molecule is Cc1ccc(SCC(=O)N2c3ccccc3NC(=O)C2(C)C)cc1C. The molecular weight excluding hydrogens is 332 g/mol. The Morgan fingerprint density at radius 3 is 2.56 bits per heavy atom. The number of nitrogens with zero attached hydrogens (tertiary/aromatic N) is 1. The van der Waals surface area contributed by atoms with E-state index in [4.69, 9.17) is 0 Å². The zero-order valence-corrected chi connectivity index (χ0v) is 15.7. The molecule has 25 heavy (non-hydrogen) atoms. The zero-order valence-electron chi connectivity index (χ0n) is 14.9. The molecule has 1 aliphatic rings. The molecule has 0 saturated heterocycles. The largest absolute Gasteiger partial charge is 0.322 e. The highest BCUT2D eigenvalue weighted by Crippen LogP contribution is 2.37. The maximum Gasteiger partial charge on any atom is 0.250 e. The van der Waals surface area contributed by atoms with Gasteiger partial charge in [-0.05, 0) is 63.1 Å². The molecule has 1 N–H and O–H groups in total. The molecule has 3 rings (SSSR count). The van der Waals surface area contributed by atoms with Crippen LogP contribution in [0.25, 0.3) is 0 Å². The van der Waals surface area contributed by atoms with Gasteiger partial charge in [-0.25, -0.2) is 0 Å². The van der Waals surface area contributed by atoms with Gasteiger partial charge in [-0.1, -0.05) is 18.2 Å². The van der Waals surface area contributed by atoms with Gasteiger partial charge < -0.3 is 5.32 Å². The lowest BCUT2D eigenvalue weighted by molar-refractivity contribution is -0.125. The quantitative estimate of drug-likeness (QED) is 0.842. The summed E-state index contributed by atoms with van der Waals surface area (Å²) in [6, 6.07) is 13.6. The van der Waals surface area contributed by atoms with E-state index in [-0.39, 0.29) is 17.6 Å². The number of nitrogens with one attached hydrogen (secondary N) is 1. The van der Waals surface area contributed by atoms with E-state index in [1.165, 1.54) is 22.9 Å². The Balaban J connectivity index is 1.84. The van der Waals surface area contributed by atoms with Gasteiger partial charge in [-0.2, -0.15) is 0 Å². The van der Waals surface area contributed by atoms with Crippen molar-refractivity contribution in [2.24, 2.45) is 0 Å². The summed E-state index contributed by atoms with van der Waals surface area (Å²) in [5.41, 5.74) is 2.95. The topological polar surface area (TPSA) is 49.4 Å². The van der Waals surface area contributed by atoms with Crippen molar-refractivity contribution < 1.29 is 9.59 Å². The summed E-state index contributed by atoms with van der Waals surface area (Å²) in [6.45, 7) is 7.68. The number of carbonyl (C=O) groups is 2. The van der Waals surface area contributed by atoms with Crippen molar-refractivity contribution in [1.29, 1.82) is 0 Å². The molecule has 0 unspecified atom stereocenters. The Morgan fingerprint density at radius 2 is 1.84 bits per heavy atom. The van der Waals surface area contributed by atoms with Crippen molar-refractivity contribution in [3.8, 4) is 0 Å². The van der Waals surface area contributed by atoms with E-state index < -0.39 is 5.54 Å². The maximum atomic E-state index is 13.0. The number of benzene rings is 2. The molecule has 5 heteroatoms. The average molecular weight is 354 g/mol. The Hall–Kier alpha value is -2.27. The summed E-state index contributed by atoms with van der Waals surface area (Å²) in [5, 5.41) is 2.88. The van der Waals surface area contributed by atoms with Crippen molar-refractivity contribution in [2.75, 3.05) is 16.0 Å². The minimum atomic E-state index is -0.921. The predicted molar refractivity (Wildman–Crippen MR) is 103 cm³/mol. The number of fused-ring (bicyclic) bond motifs is 1. The standard InChI is InChI=1S/C20H22N2O2S/c1-13-9-10-15(11-14(13)2)25-12-18(23)22-17-8-6-5-7-16(17)21-19(24)20(22,3)4/h5-11H,12H2,1-4H3,(H,21,24). The number of carbonyl (C=O) groups excluding carboxylic acids is 2. The summed E-state index contributed by atoms with van der Waals surface area (Å²) < 4.78 is 0. The molecule has 0 atom stereocenters. The van der Waals surface area contributed by atoms with Crippen LogP contribution in [0.2, 0.25) is 0 Å². The molecule has 0 bridgehead atoms. The van der Waals surface area contributed by atoms with Gasteiger partial charge in [0.1, 0.15) is 5.54 Å². The molecule has 2 aromatic rings. The molecule has 130 valence electrons. The van der Waals surface area contributed by atoms with E-state index in [9.17, 15) is 9.59 Å². The van der Waals surface area contributed by atoms with Crippen molar-refractivity contribution in [2.45, 2.75) is 38.1 Å².